The number of nitrogens with zero attached hydrogens (tertiary/aromatic N) is 2. The molecule has 1 heterocycles. The van der Waals surface area contributed by atoms with Crippen LogP contribution in [0.3, 0.4) is 0 Å². The van der Waals surface area contributed by atoms with Crippen molar-refractivity contribution in [3.8, 4) is 0 Å². The van der Waals surface area contributed by atoms with Crippen LogP contribution in [0.4, 0.5) is 0 Å². The van der Waals surface area contributed by atoms with E-state index in [4.69, 9.17) is 5.73 Å². The van der Waals surface area contributed by atoms with Crippen molar-refractivity contribution in [1.82, 2.24) is 15.5 Å². The SMILES string of the molecule is CCNC(=NCCCCN1CCC(C(N)=O)CC1)NC1CC1C. The highest BCUT2D eigenvalue weighted by Gasteiger charge is 2.33. The van der Waals surface area contributed by atoms with E-state index in [9.17, 15) is 4.79 Å². The van der Waals surface area contributed by atoms with Crippen molar-refractivity contribution in [2.24, 2.45) is 22.6 Å². The molecule has 0 aromatic heterocycles. The Bertz CT molecular complexity index is 404. The van der Waals surface area contributed by atoms with Gasteiger partial charge in [0.25, 0.3) is 0 Å². The lowest BCUT2D eigenvalue weighted by Gasteiger charge is -2.30. The lowest BCUT2D eigenvalue weighted by molar-refractivity contribution is -0.123. The Hall–Kier alpha value is -1.30. The molecule has 0 aromatic rings. The smallest absolute Gasteiger partial charge is 0.220 e. The molecule has 1 saturated carbocycles. The molecule has 1 amide bonds. The van der Waals surface area contributed by atoms with Crippen LogP contribution in [-0.4, -0.2) is 55.5 Å². The van der Waals surface area contributed by atoms with Gasteiger partial charge in [0.05, 0.1) is 0 Å². The molecule has 6 nitrogen and oxygen atoms in total. The minimum absolute atomic E-state index is 0.0921. The number of guanidine groups is 1. The molecule has 0 spiro atoms. The summed E-state index contributed by atoms with van der Waals surface area (Å²) in [5.41, 5.74) is 5.37. The van der Waals surface area contributed by atoms with E-state index in [0.29, 0.717) is 6.04 Å². The fourth-order valence-electron chi connectivity index (χ4n) is 3.10. The average molecular weight is 323 g/mol. The molecule has 4 N–H and O–H groups in total. The fraction of sp³-hybridized carbons (Fsp3) is 0.882. The normalized spacial score (nSPS) is 26.1. The largest absolute Gasteiger partial charge is 0.369 e. The summed E-state index contributed by atoms with van der Waals surface area (Å²) in [6, 6.07) is 0.611. The number of carbonyl (C=O) groups excluding carboxylic acids is 1. The van der Waals surface area contributed by atoms with Crippen LogP contribution in [0.25, 0.3) is 0 Å². The summed E-state index contributed by atoms with van der Waals surface area (Å²) in [5.74, 6) is 1.70. The third kappa shape index (κ3) is 6.37. The maximum atomic E-state index is 11.2. The third-order valence-electron chi connectivity index (χ3n) is 4.92. The van der Waals surface area contributed by atoms with Gasteiger partial charge in [-0.3, -0.25) is 9.79 Å². The summed E-state index contributed by atoms with van der Waals surface area (Å²) in [4.78, 5) is 18.3. The zero-order valence-corrected chi connectivity index (χ0v) is 14.7. The van der Waals surface area contributed by atoms with Gasteiger partial charge in [0.15, 0.2) is 5.96 Å². The maximum absolute atomic E-state index is 11.2. The van der Waals surface area contributed by atoms with E-state index < -0.39 is 0 Å². The summed E-state index contributed by atoms with van der Waals surface area (Å²) in [7, 11) is 0. The quantitative estimate of drug-likeness (QED) is 0.352. The van der Waals surface area contributed by atoms with Gasteiger partial charge in [0.1, 0.15) is 0 Å². The Morgan fingerprint density at radius 2 is 2.00 bits per heavy atom. The van der Waals surface area contributed by atoms with Crippen LogP contribution in [0, 0.1) is 11.8 Å². The van der Waals surface area contributed by atoms with E-state index in [1.807, 2.05) is 0 Å². The molecule has 1 aliphatic heterocycles. The molecule has 2 unspecified atom stereocenters. The second-order valence-electron chi connectivity index (χ2n) is 6.95. The van der Waals surface area contributed by atoms with Gasteiger partial charge in [0.2, 0.25) is 5.91 Å². The molecule has 23 heavy (non-hydrogen) atoms. The van der Waals surface area contributed by atoms with Crippen molar-refractivity contribution in [3.05, 3.63) is 0 Å². The number of rotatable bonds is 8. The molecule has 2 atom stereocenters. The lowest BCUT2D eigenvalue weighted by atomic mass is 9.96. The molecule has 0 radical (unpaired) electrons. The minimum atomic E-state index is -0.132. The first-order chi connectivity index (χ1) is 11.1. The standard InChI is InChI=1S/C17H33N5O/c1-3-19-17(21-15-12-13(15)2)20-8-4-5-9-22-10-6-14(7-11-22)16(18)23/h13-15H,3-12H2,1-2H3,(H2,18,23)(H2,19,20,21). The summed E-state index contributed by atoms with van der Waals surface area (Å²) < 4.78 is 0. The van der Waals surface area contributed by atoms with E-state index in [2.05, 4.69) is 34.4 Å². The third-order valence-corrected chi connectivity index (χ3v) is 4.92. The van der Waals surface area contributed by atoms with E-state index in [-0.39, 0.29) is 11.8 Å². The van der Waals surface area contributed by atoms with Crippen LogP contribution in [0.2, 0.25) is 0 Å². The molecule has 132 valence electrons. The molecule has 2 fully saturated rings. The molecule has 2 rings (SSSR count). The number of hydrogen-bond donors (Lipinski definition) is 3. The Labute approximate surface area is 140 Å². The highest BCUT2D eigenvalue weighted by Crippen LogP contribution is 2.28. The molecule has 0 aromatic carbocycles. The number of nitrogens with two attached hydrogens (primary N) is 1. The number of amides is 1. The van der Waals surface area contributed by atoms with E-state index >= 15 is 0 Å². The van der Waals surface area contributed by atoms with Gasteiger partial charge < -0.3 is 21.3 Å². The summed E-state index contributed by atoms with van der Waals surface area (Å²) in [6.07, 6.45) is 5.35. The summed E-state index contributed by atoms with van der Waals surface area (Å²) in [6.45, 7) is 9.24. The van der Waals surface area contributed by atoms with E-state index in [0.717, 1.165) is 70.3 Å². The zero-order chi connectivity index (χ0) is 16.7. The van der Waals surface area contributed by atoms with Gasteiger partial charge in [-0.1, -0.05) is 6.92 Å². The van der Waals surface area contributed by atoms with Crippen LogP contribution in [0.5, 0.6) is 0 Å². The Kier molecular flexibility index (Phi) is 7.15. The number of hydrogen-bond acceptors (Lipinski definition) is 3. The maximum Gasteiger partial charge on any atom is 0.220 e. The van der Waals surface area contributed by atoms with Crippen molar-refractivity contribution in [1.29, 1.82) is 0 Å². The monoisotopic (exact) mass is 323 g/mol. The molecule has 0 bridgehead atoms. The van der Waals surface area contributed by atoms with Crippen LogP contribution < -0.4 is 16.4 Å². The Morgan fingerprint density at radius 3 is 2.57 bits per heavy atom. The predicted octanol–water partition coefficient (Wildman–Crippen LogP) is 0.927. The van der Waals surface area contributed by atoms with Crippen LogP contribution in [0.1, 0.15) is 46.0 Å². The van der Waals surface area contributed by atoms with Gasteiger partial charge in [-0.25, -0.2) is 0 Å². The minimum Gasteiger partial charge on any atom is -0.369 e. The highest BCUT2D eigenvalue weighted by molar-refractivity contribution is 5.80. The molecular weight excluding hydrogens is 290 g/mol. The second kappa shape index (κ2) is 9.11. The topological polar surface area (TPSA) is 82.8 Å². The van der Waals surface area contributed by atoms with Crippen molar-refractivity contribution in [2.75, 3.05) is 32.7 Å². The van der Waals surface area contributed by atoms with E-state index in [1.54, 1.807) is 0 Å². The van der Waals surface area contributed by atoms with Crippen molar-refractivity contribution >= 4 is 11.9 Å². The Morgan fingerprint density at radius 1 is 1.30 bits per heavy atom. The zero-order valence-electron chi connectivity index (χ0n) is 14.7. The number of nitrogens with one attached hydrogen (secondary N) is 2. The summed E-state index contributed by atoms with van der Waals surface area (Å²) >= 11 is 0. The predicted molar refractivity (Wildman–Crippen MR) is 94.3 cm³/mol. The first-order valence-electron chi connectivity index (χ1n) is 9.16. The second-order valence-corrected chi connectivity index (χ2v) is 6.95. The lowest BCUT2D eigenvalue weighted by Crippen LogP contribution is -2.39. The number of likely N-dealkylation sites (tertiary alicyclic amines) is 1. The molecule has 1 saturated heterocycles. The van der Waals surface area contributed by atoms with Crippen LogP contribution in [0.15, 0.2) is 4.99 Å². The molecule has 2 aliphatic rings. The van der Waals surface area contributed by atoms with E-state index in [1.165, 1.54) is 6.42 Å². The van der Waals surface area contributed by atoms with Gasteiger partial charge in [-0.15, -0.1) is 0 Å². The molecule has 6 heteroatoms. The first kappa shape index (κ1) is 18.0. The van der Waals surface area contributed by atoms with Crippen molar-refractivity contribution in [3.63, 3.8) is 0 Å². The fourth-order valence-corrected chi connectivity index (χ4v) is 3.10. The van der Waals surface area contributed by atoms with Crippen LogP contribution >= 0.6 is 0 Å². The molecular formula is C17H33N5O. The van der Waals surface area contributed by atoms with Gasteiger partial charge in [-0.2, -0.15) is 0 Å². The highest BCUT2D eigenvalue weighted by atomic mass is 16.1. The van der Waals surface area contributed by atoms with Gasteiger partial charge >= 0.3 is 0 Å². The molecule has 1 aliphatic carbocycles. The average Bonchev–Trinajstić information content (AvgIpc) is 3.22. The number of aliphatic imine (C=N–C) groups is 1. The van der Waals surface area contributed by atoms with Crippen molar-refractivity contribution < 1.29 is 4.79 Å². The van der Waals surface area contributed by atoms with Gasteiger partial charge in [-0.05, 0) is 64.6 Å². The number of unbranched alkanes of at least 4 members (excludes halogenated alkanes) is 1. The Balaban J connectivity index is 1.57. The summed E-state index contributed by atoms with van der Waals surface area (Å²) in [5, 5.41) is 6.80. The van der Waals surface area contributed by atoms with Crippen molar-refractivity contribution in [2.45, 2.75) is 52.0 Å². The number of carbonyl (C=O) groups is 1. The van der Waals surface area contributed by atoms with Crippen LogP contribution in [-0.2, 0) is 4.79 Å². The number of piperidine rings is 1. The van der Waals surface area contributed by atoms with Gasteiger partial charge in [0, 0.05) is 25.0 Å². The first-order valence-corrected chi connectivity index (χ1v) is 9.16. The number of primary amides is 1.